The molecule has 2 aliphatic rings. The van der Waals surface area contributed by atoms with Crippen LogP contribution in [0, 0.1) is 12.7 Å². The minimum atomic E-state index is -0.510. The summed E-state index contributed by atoms with van der Waals surface area (Å²) in [5.74, 6) is -0.794. The van der Waals surface area contributed by atoms with Gasteiger partial charge in [0.25, 0.3) is 5.56 Å². The Balaban J connectivity index is 1.64. The van der Waals surface area contributed by atoms with Crippen LogP contribution < -0.4 is 15.4 Å². The predicted octanol–water partition coefficient (Wildman–Crippen LogP) is 7.04. The number of piperazine rings is 1. The molecule has 5 heterocycles. The molecule has 2 atom stereocenters. The number of nitrogens with zero attached hydrogens (tertiary/aromatic N) is 8. The number of pyridine rings is 1. The molecule has 1 amide bonds. The van der Waals surface area contributed by atoms with E-state index in [4.69, 9.17) is 21.6 Å². The maximum atomic E-state index is 17.3. The van der Waals surface area contributed by atoms with E-state index >= 15 is 9.18 Å². The number of benzene rings is 2. The first kappa shape index (κ1) is 37.5. The van der Waals surface area contributed by atoms with E-state index in [9.17, 15) is 4.79 Å². The lowest BCUT2D eigenvalue weighted by Crippen LogP contribution is -2.64. The van der Waals surface area contributed by atoms with Crippen LogP contribution >= 0.6 is 11.6 Å². The molecule has 3 aromatic heterocycles. The third kappa shape index (κ3) is 6.13. The van der Waals surface area contributed by atoms with Crippen molar-refractivity contribution < 1.29 is 9.18 Å². The summed E-state index contributed by atoms with van der Waals surface area (Å²) >= 11 is 7.62. The average molecular weight is 754 g/mol. The zero-order valence-electron chi connectivity index (χ0n) is 32.4. The number of carbonyl (C=O) groups is 1. The highest BCUT2D eigenvalue weighted by atomic mass is 35.5. The van der Waals surface area contributed by atoms with Crippen molar-refractivity contribution in [1.29, 1.82) is 0 Å². The highest BCUT2D eigenvalue weighted by molar-refractivity contribution is 6.39. The average Bonchev–Trinajstić information content (AvgIpc) is 3.61. The van der Waals surface area contributed by atoms with Crippen molar-refractivity contribution in [1.82, 2.24) is 34.5 Å². The molecule has 7 rings (SSSR count). The molecule has 0 bridgehead atoms. The number of amides is 1. The normalized spacial score (nSPS) is 17.3. The molecule has 5 aromatic rings. The largest absolute Gasteiger partial charge is 0.363 e. The number of H-pyrrole nitrogens is 1. The van der Waals surface area contributed by atoms with Crippen LogP contribution in [0.3, 0.4) is 0 Å². The topological polar surface area (TPSA) is 106 Å². The smallest absolute Gasteiger partial charge is 0.281 e. The number of hydrogen-bond donors (Lipinski definition) is 1. The number of halogens is 2. The molecular weight excluding hydrogens is 705 g/mol. The predicted molar refractivity (Wildman–Crippen MR) is 216 cm³/mol. The van der Waals surface area contributed by atoms with Gasteiger partial charge in [0.1, 0.15) is 17.8 Å². The van der Waals surface area contributed by atoms with Crippen molar-refractivity contribution >= 4 is 50.7 Å². The Morgan fingerprint density at radius 2 is 1.76 bits per heavy atom. The van der Waals surface area contributed by atoms with Gasteiger partial charge in [-0.2, -0.15) is 5.10 Å². The Kier molecular flexibility index (Phi) is 10.0. The zero-order valence-corrected chi connectivity index (χ0v) is 33.1. The van der Waals surface area contributed by atoms with Crippen LogP contribution in [0.5, 0.6) is 0 Å². The van der Waals surface area contributed by atoms with Gasteiger partial charge >= 0.3 is 0 Å². The van der Waals surface area contributed by atoms with Crippen LogP contribution in [0.25, 0.3) is 38.6 Å². The summed E-state index contributed by atoms with van der Waals surface area (Å²) < 4.78 is 19.0. The molecule has 1 fully saturated rings. The van der Waals surface area contributed by atoms with E-state index in [2.05, 4.69) is 31.5 Å². The van der Waals surface area contributed by atoms with Crippen LogP contribution in [0.2, 0.25) is 5.02 Å². The Labute approximate surface area is 320 Å². The molecular formula is C41H49ClFN9O2. The summed E-state index contributed by atoms with van der Waals surface area (Å²) in [6, 6.07) is 5.01. The second-order valence-corrected chi connectivity index (χ2v) is 16.0. The van der Waals surface area contributed by atoms with Gasteiger partial charge in [-0.15, -0.1) is 0 Å². The molecule has 11 nitrogen and oxygen atoms in total. The highest BCUT2D eigenvalue weighted by Crippen LogP contribution is 2.48. The molecule has 2 unspecified atom stereocenters. The Bertz CT molecular complexity index is 2320. The van der Waals surface area contributed by atoms with Gasteiger partial charge in [-0.1, -0.05) is 51.9 Å². The van der Waals surface area contributed by atoms with Crippen molar-refractivity contribution in [3.8, 4) is 16.8 Å². The first-order chi connectivity index (χ1) is 25.7. The van der Waals surface area contributed by atoms with Crippen LogP contribution in [-0.4, -0.2) is 99.3 Å². The number of aromatic nitrogens is 5. The minimum Gasteiger partial charge on any atom is -0.363 e. The number of fused-ring (bicyclic) bond motifs is 6. The fourth-order valence-corrected chi connectivity index (χ4v) is 8.79. The maximum Gasteiger partial charge on any atom is 0.281 e. The molecule has 0 radical (unpaired) electrons. The lowest BCUT2D eigenvalue weighted by Gasteiger charge is -2.52. The quantitative estimate of drug-likeness (QED) is 0.160. The summed E-state index contributed by atoms with van der Waals surface area (Å²) in [5.41, 5.74) is 5.56. The van der Waals surface area contributed by atoms with Gasteiger partial charge in [0, 0.05) is 54.1 Å². The minimum absolute atomic E-state index is 0.0731. The van der Waals surface area contributed by atoms with E-state index in [1.807, 2.05) is 72.7 Å². The third-order valence-corrected chi connectivity index (χ3v) is 11.3. The van der Waals surface area contributed by atoms with E-state index in [1.54, 1.807) is 23.2 Å². The van der Waals surface area contributed by atoms with Crippen LogP contribution in [0.1, 0.15) is 69.8 Å². The summed E-state index contributed by atoms with van der Waals surface area (Å²) in [6.07, 6.45) is 5.37. The molecule has 0 spiro atoms. The third-order valence-electron chi connectivity index (χ3n) is 10.9. The van der Waals surface area contributed by atoms with E-state index in [0.717, 1.165) is 29.4 Å². The number of aryl methyl sites for hydroxylation is 1. The van der Waals surface area contributed by atoms with E-state index in [1.165, 1.54) is 6.08 Å². The number of nitrogens with one attached hydrogen (secondary N) is 1. The Morgan fingerprint density at radius 1 is 1.06 bits per heavy atom. The van der Waals surface area contributed by atoms with Gasteiger partial charge in [0.05, 0.1) is 51.1 Å². The zero-order chi connectivity index (χ0) is 38.7. The summed E-state index contributed by atoms with van der Waals surface area (Å²) in [4.78, 5) is 46.6. The second kappa shape index (κ2) is 14.4. The van der Waals surface area contributed by atoms with Crippen molar-refractivity contribution in [2.45, 2.75) is 71.9 Å². The Hall–Kier alpha value is -4.81. The molecule has 0 aliphatic carbocycles. The maximum absolute atomic E-state index is 17.3. The molecule has 2 aliphatic heterocycles. The van der Waals surface area contributed by atoms with Gasteiger partial charge < -0.3 is 19.6 Å². The molecule has 0 saturated carbocycles. The summed E-state index contributed by atoms with van der Waals surface area (Å²) in [5, 5.41) is 8.61. The fourth-order valence-electron chi connectivity index (χ4n) is 8.42. The lowest BCUT2D eigenvalue weighted by molar-refractivity contribution is -0.128. The van der Waals surface area contributed by atoms with Gasteiger partial charge in [-0.3, -0.25) is 19.3 Å². The van der Waals surface area contributed by atoms with Crippen molar-refractivity contribution in [3.05, 3.63) is 81.5 Å². The number of aromatic amines is 1. The van der Waals surface area contributed by atoms with Crippen molar-refractivity contribution in [3.63, 3.8) is 0 Å². The van der Waals surface area contributed by atoms with Gasteiger partial charge in [-0.25, -0.2) is 14.4 Å². The number of rotatable bonds is 9. The molecule has 1 saturated heterocycles. The second-order valence-electron chi connectivity index (χ2n) is 15.6. The molecule has 13 heteroatoms. The SMILES string of the molecule is C=CC(=O)N1CC2CN(CCCN(C)C)c3c(c4cc(F)c(-c5c(C)ccc6[nH]ncc56)c(Cl)c4n(-c4c(C(C)C)ncnc4C(C)C)c3=O)N2CC1C. The number of hydrogen-bond acceptors (Lipinski definition) is 8. The molecule has 284 valence electrons. The lowest BCUT2D eigenvalue weighted by atomic mass is 9.93. The highest BCUT2D eigenvalue weighted by Gasteiger charge is 2.43. The first-order valence-corrected chi connectivity index (χ1v) is 19.1. The van der Waals surface area contributed by atoms with E-state index in [0.29, 0.717) is 71.1 Å². The Morgan fingerprint density at radius 3 is 2.41 bits per heavy atom. The van der Waals surface area contributed by atoms with Crippen molar-refractivity contribution in [2.75, 3.05) is 56.6 Å². The molecule has 54 heavy (non-hydrogen) atoms. The summed E-state index contributed by atoms with van der Waals surface area (Å²) in [7, 11) is 4.05. The van der Waals surface area contributed by atoms with Gasteiger partial charge in [0.15, 0.2) is 0 Å². The summed E-state index contributed by atoms with van der Waals surface area (Å²) in [6.45, 7) is 18.6. The van der Waals surface area contributed by atoms with E-state index < -0.39 is 5.82 Å². The van der Waals surface area contributed by atoms with Gasteiger partial charge in [-0.05, 0) is 76.5 Å². The van der Waals surface area contributed by atoms with Gasteiger partial charge in [0.2, 0.25) is 5.91 Å². The standard InChI is InChI=1S/C41H49ClFN9O2/c1-10-31(53)50-20-26-19-49(15-11-14-48(8)9)40-38(51(26)18-25(50)7)27-16-29(43)33(32-24(6)12-13-30-28(32)17-46-47-30)34(42)37(27)52(41(40)54)39-35(22(2)3)44-21-45-36(39)23(4)5/h10,12-13,16-17,21-23,25-26H,1,11,14-15,18-20H2,2-9H3,(H,46,47). The van der Waals surface area contributed by atoms with Crippen LogP contribution in [0.15, 0.2) is 48.2 Å². The molecule has 1 N–H and O–H groups in total. The van der Waals surface area contributed by atoms with E-state index in [-0.39, 0.29) is 46.0 Å². The van der Waals surface area contributed by atoms with Crippen molar-refractivity contribution in [2.24, 2.45) is 0 Å². The number of carbonyl (C=O) groups excluding carboxylic acids is 1. The number of anilines is 2. The molecule has 2 aromatic carbocycles. The van der Waals surface area contributed by atoms with Crippen LogP contribution in [-0.2, 0) is 4.79 Å². The first-order valence-electron chi connectivity index (χ1n) is 18.7. The monoisotopic (exact) mass is 753 g/mol. The van der Waals surface area contributed by atoms with Crippen LogP contribution in [0.4, 0.5) is 15.8 Å². The fraction of sp³-hybridized carbons (Fsp3) is 0.439.